The number of rotatable bonds is 6. The van der Waals surface area contributed by atoms with Crippen molar-refractivity contribution < 1.29 is 5.11 Å². The van der Waals surface area contributed by atoms with Gasteiger partial charge in [-0.3, -0.25) is 5.10 Å². The van der Waals surface area contributed by atoms with Crippen molar-refractivity contribution in [3.8, 4) is 0 Å². The zero-order valence-electron chi connectivity index (χ0n) is 10.6. The van der Waals surface area contributed by atoms with Gasteiger partial charge in [-0.2, -0.15) is 15.1 Å². The van der Waals surface area contributed by atoms with Crippen LogP contribution in [0.25, 0.3) is 11.0 Å². The van der Waals surface area contributed by atoms with Crippen molar-refractivity contribution in [3.63, 3.8) is 0 Å². The van der Waals surface area contributed by atoms with E-state index in [2.05, 4.69) is 30.8 Å². The lowest BCUT2D eigenvalue weighted by Gasteiger charge is -2.12. The molecule has 2 aromatic rings. The molecule has 0 saturated carbocycles. The van der Waals surface area contributed by atoms with Gasteiger partial charge in [-0.15, -0.1) is 0 Å². The number of aromatic amines is 1. The zero-order chi connectivity index (χ0) is 13.0. The number of anilines is 2. The van der Waals surface area contributed by atoms with Crippen LogP contribution in [0.15, 0.2) is 6.20 Å². The van der Waals surface area contributed by atoms with Gasteiger partial charge < -0.3 is 15.7 Å². The Morgan fingerprint density at radius 1 is 1.44 bits per heavy atom. The van der Waals surface area contributed by atoms with Crippen LogP contribution >= 0.6 is 0 Å². The lowest BCUT2D eigenvalue weighted by molar-refractivity contribution is 0.176. The topological polar surface area (TPSA) is 98.7 Å². The van der Waals surface area contributed by atoms with Gasteiger partial charge in [-0.1, -0.05) is 13.3 Å². The Hall–Kier alpha value is -1.89. The summed E-state index contributed by atoms with van der Waals surface area (Å²) in [6.07, 6.45) is 3.02. The van der Waals surface area contributed by atoms with E-state index in [-0.39, 0.29) is 6.10 Å². The molecule has 0 aliphatic heterocycles. The summed E-state index contributed by atoms with van der Waals surface area (Å²) in [6, 6.07) is 0. The molecule has 1 atom stereocenters. The van der Waals surface area contributed by atoms with Crippen LogP contribution in [-0.4, -0.2) is 45.0 Å². The molecule has 0 amide bonds. The first-order chi connectivity index (χ1) is 8.74. The van der Waals surface area contributed by atoms with Crippen LogP contribution in [0, 0.1) is 0 Å². The maximum Gasteiger partial charge on any atom is 0.226 e. The van der Waals surface area contributed by atoms with Crippen molar-refractivity contribution in [2.24, 2.45) is 0 Å². The molecule has 18 heavy (non-hydrogen) atoms. The Kier molecular flexibility index (Phi) is 3.93. The highest BCUT2D eigenvalue weighted by molar-refractivity contribution is 5.86. The minimum Gasteiger partial charge on any atom is -0.391 e. The monoisotopic (exact) mass is 250 g/mol. The molecule has 4 N–H and O–H groups in total. The summed E-state index contributed by atoms with van der Waals surface area (Å²) in [5.74, 6) is 1.19. The number of hydrogen-bond donors (Lipinski definition) is 4. The van der Waals surface area contributed by atoms with Gasteiger partial charge >= 0.3 is 0 Å². The quantitative estimate of drug-likeness (QED) is 0.609. The molecule has 1 unspecified atom stereocenters. The Bertz CT molecular complexity index is 511. The molecule has 98 valence electrons. The number of fused-ring (bicyclic) bond motifs is 1. The van der Waals surface area contributed by atoms with E-state index >= 15 is 0 Å². The number of aliphatic hydroxyl groups excluding tert-OH is 1. The number of aliphatic hydroxyl groups is 1. The molecule has 2 rings (SSSR count). The zero-order valence-corrected chi connectivity index (χ0v) is 10.6. The van der Waals surface area contributed by atoms with Crippen LogP contribution in [0.4, 0.5) is 11.8 Å². The van der Waals surface area contributed by atoms with Crippen molar-refractivity contribution in [3.05, 3.63) is 6.20 Å². The summed E-state index contributed by atoms with van der Waals surface area (Å²) < 4.78 is 0. The first-order valence-corrected chi connectivity index (χ1v) is 6.05. The van der Waals surface area contributed by atoms with E-state index in [4.69, 9.17) is 0 Å². The molecular formula is C11H18N6O. The van der Waals surface area contributed by atoms with E-state index < -0.39 is 0 Å². The molecule has 7 nitrogen and oxygen atoms in total. The van der Waals surface area contributed by atoms with Crippen molar-refractivity contribution in [2.45, 2.75) is 25.9 Å². The molecule has 0 saturated heterocycles. The predicted molar refractivity (Wildman–Crippen MR) is 70.6 cm³/mol. The fraction of sp³-hybridized carbons (Fsp3) is 0.545. The summed E-state index contributed by atoms with van der Waals surface area (Å²) in [5.41, 5.74) is 0.668. The third-order valence-corrected chi connectivity index (χ3v) is 2.66. The predicted octanol–water partition coefficient (Wildman–Crippen LogP) is 0.967. The maximum absolute atomic E-state index is 9.71. The largest absolute Gasteiger partial charge is 0.391 e. The molecule has 7 heteroatoms. The van der Waals surface area contributed by atoms with Crippen molar-refractivity contribution in [1.29, 1.82) is 0 Å². The maximum atomic E-state index is 9.71. The highest BCUT2D eigenvalue weighted by atomic mass is 16.3. The van der Waals surface area contributed by atoms with Gasteiger partial charge in [0.25, 0.3) is 0 Å². The fourth-order valence-corrected chi connectivity index (χ4v) is 1.73. The van der Waals surface area contributed by atoms with Crippen molar-refractivity contribution >= 4 is 22.8 Å². The van der Waals surface area contributed by atoms with Gasteiger partial charge in [0.15, 0.2) is 5.65 Å². The van der Waals surface area contributed by atoms with Crippen LogP contribution in [0.1, 0.15) is 19.8 Å². The van der Waals surface area contributed by atoms with Gasteiger partial charge in [0, 0.05) is 13.6 Å². The molecular weight excluding hydrogens is 232 g/mol. The van der Waals surface area contributed by atoms with E-state index in [0.29, 0.717) is 24.0 Å². The lowest BCUT2D eigenvalue weighted by atomic mass is 10.2. The van der Waals surface area contributed by atoms with E-state index in [1.54, 1.807) is 13.2 Å². The second kappa shape index (κ2) is 5.63. The summed E-state index contributed by atoms with van der Waals surface area (Å²) >= 11 is 0. The Balaban J connectivity index is 2.18. The van der Waals surface area contributed by atoms with E-state index in [1.807, 2.05) is 6.92 Å². The number of nitrogens with zero attached hydrogens (tertiary/aromatic N) is 3. The molecule has 0 aliphatic carbocycles. The van der Waals surface area contributed by atoms with Gasteiger partial charge in [-0.05, 0) is 6.42 Å². The molecule has 0 aliphatic rings. The molecule has 2 heterocycles. The first kappa shape index (κ1) is 12.6. The van der Waals surface area contributed by atoms with Crippen molar-refractivity contribution in [2.75, 3.05) is 24.2 Å². The lowest BCUT2D eigenvalue weighted by Crippen LogP contribution is -2.20. The summed E-state index contributed by atoms with van der Waals surface area (Å²) in [7, 11) is 1.76. The van der Waals surface area contributed by atoms with Gasteiger partial charge in [-0.25, -0.2) is 0 Å². The molecule has 0 radical (unpaired) electrons. The average Bonchev–Trinajstić information content (AvgIpc) is 2.84. The first-order valence-electron chi connectivity index (χ1n) is 6.05. The van der Waals surface area contributed by atoms with E-state index in [1.165, 1.54) is 0 Å². The smallest absolute Gasteiger partial charge is 0.226 e. The van der Waals surface area contributed by atoms with Gasteiger partial charge in [0.2, 0.25) is 5.95 Å². The highest BCUT2D eigenvalue weighted by Gasteiger charge is 2.10. The van der Waals surface area contributed by atoms with Crippen LogP contribution < -0.4 is 10.6 Å². The number of aromatic nitrogens is 4. The third-order valence-electron chi connectivity index (χ3n) is 2.66. The van der Waals surface area contributed by atoms with Crippen LogP contribution in [0.2, 0.25) is 0 Å². The number of hydrogen-bond acceptors (Lipinski definition) is 6. The summed E-state index contributed by atoms with van der Waals surface area (Å²) in [4.78, 5) is 8.55. The standard InChI is InChI=1S/C11H18N6O/c1-3-4-7(18)5-13-9-8-6-14-17-10(8)16-11(12-2)15-9/h6-7,18H,3-5H2,1-2H3,(H3,12,13,14,15,16,17). The normalized spacial score (nSPS) is 12.6. The van der Waals surface area contributed by atoms with E-state index in [9.17, 15) is 5.11 Å². The van der Waals surface area contributed by atoms with E-state index in [0.717, 1.165) is 18.2 Å². The second-order valence-corrected chi connectivity index (χ2v) is 4.10. The SMILES string of the molecule is CCCC(O)CNc1nc(NC)nc2[nH]ncc12. The molecule has 2 aromatic heterocycles. The van der Waals surface area contributed by atoms with Crippen LogP contribution in [0.3, 0.4) is 0 Å². The Labute approximate surface area is 105 Å². The average molecular weight is 250 g/mol. The molecule has 0 fully saturated rings. The Morgan fingerprint density at radius 2 is 2.28 bits per heavy atom. The van der Waals surface area contributed by atoms with Gasteiger partial charge in [0.05, 0.1) is 17.7 Å². The van der Waals surface area contributed by atoms with Crippen LogP contribution in [0.5, 0.6) is 0 Å². The minimum absolute atomic E-state index is 0.370. The Morgan fingerprint density at radius 3 is 3.00 bits per heavy atom. The molecule has 0 bridgehead atoms. The fourth-order valence-electron chi connectivity index (χ4n) is 1.73. The van der Waals surface area contributed by atoms with Crippen LogP contribution in [-0.2, 0) is 0 Å². The van der Waals surface area contributed by atoms with Crippen molar-refractivity contribution in [1.82, 2.24) is 20.2 Å². The molecule has 0 aromatic carbocycles. The molecule has 0 spiro atoms. The second-order valence-electron chi connectivity index (χ2n) is 4.10. The third kappa shape index (κ3) is 2.67. The minimum atomic E-state index is -0.370. The summed E-state index contributed by atoms with van der Waals surface area (Å²) in [5, 5.41) is 23.3. The van der Waals surface area contributed by atoms with Gasteiger partial charge in [0.1, 0.15) is 5.82 Å². The number of H-pyrrole nitrogens is 1. The number of nitrogens with one attached hydrogen (secondary N) is 3. The highest BCUT2D eigenvalue weighted by Crippen LogP contribution is 2.19. The summed E-state index contributed by atoms with van der Waals surface area (Å²) in [6.45, 7) is 2.51.